The van der Waals surface area contributed by atoms with Crippen LogP contribution in [-0.2, 0) is 32.7 Å². The highest BCUT2D eigenvalue weighted by molar-refractivity contribution is 7.47. The standard InChI is InChI=1S/C93H160NO8P/c1-3-5-7-9-11-13-15-17-19-21-23-25-27-29-31-33-35-37-39-41-43-45-47-49-51-53-55-57-59-61-63-65-67-69-71-73-75-77-79-81-83-85-92(95)99-89-91(90-101-103(97,98)100-88-87-94)102-93(96)86-84-82-80-78-76-74-72-70-68-66-64-62-60-58-56-54-52-50-48-46-44-42-40-38-36-34-32-30-28-26-24-22-20-18-16-14-12-10-8-6-4-2/h6,8,12,14-15,17-18,20-21,23-24,26-27,29-30,32,36,38,42,44,48,50,54,56,60,62,91H,3-5,7,9-11,13,16,19,22,25,28,31,33-35,37,39-41,43,45-47,49,51-53,55,57-59,61,63-90,94H2,1-2H3,(H,97,98)/b8-6-,14-12-,17-15-,20-18-,23-21-,26-24-,29-27-,32-30-,38-36-,44-42-,50-48-,56-54-,62-60-. The largest absolute Gasteiger partial charge is 0.472 e. The topological polar surface area (TPSA) is 134 Å². The average Bonchev–Trinajstić information content (AvgIpc) is 0.970. The summed E-state index contributed by atoms with van der Waals surface area (Å²) in [5.74, 6) is -0.825. The Balaban J connectivity index is 3.83. The van der Waals surface area contributed by atoms with Gasteiger partial charge in [0.15, 0.2) is 6.10 Å². The summed E-state index contributed by atoms with van der Waals surface area (Å²) in [6.07, 6.45) is 127. The second kappa shape index (κ2) is 86.5. The Morgan fingerprint density at radius 3 is 0.796 bits per heavy atom. The maximum atomic E-state index is 12.8. The molecule has 0 saturated carbocycles. The van der Waals surface area contributed by atoms with Crippen LogP contribution < -0.4 is 5.73 Å². The van der Waals surface area contributed by atoms with Crippen molar-refractivity contribution in [2.45, 2.75) is 392 Å². The number of esters is 2. The summed E-state index contributed by atoms with van der Waals surface area (Å²) in [5, 5.41) is 0. The molecular weight excluding hydrogens is 1290 g/mol. The molecule has 2 unspecified atom stereocenters. The Kier molecular flexibility index (Phi) is 82.9. The number of allylic oxidation sites excluding steroid dienone is 26. The van der Waals surface area contributed by atoms with Crippen molar-refractivity contribution in [2.75, 3.05) is 26.4 Å². The molecule has 2 atom stereocenters. The molecule has 0 bridgehead atoms. The number of carbonyl (C=O) groups is 2. The van der Waals surface area contributed by atoms with Gasteiger partial charge in [-0.2, -0.15) is 0 Å². The van der Waals surface area contributed by atoms with Gasteiger partial charge in [0.1, 0.15) is 6.61 Å². The van der Waals surface area contributed by atoms with Crippen LogP contribution in [0.15, 0.2) is 158 Å². The van der Waals surface area contributed by atoms with E-state index in [0.29, 0.717) is 6.42 Å². The SMILES string of the molecule is CC/C=C\C/C=C\C/C=C\C/C=C\C/C=C\C/C=C\C/C=C\C/C=C\C/C=C\C/C=C\CCCCCCCCCCCCC(=O)OC(COC(=O)CCCCCCCCCCCCCCCCCCCCCCCCCCCC/C=C\C/C=C\C/C=C\CCCCCCC)COP(=O)(O)OCCN. The molecule has 0 heterocycles. The Labute approximate surface area is 636 Å². The molecule has 0 saturated heterocycles. The zero-order valence-corrected chi connectivity index (χ0v) is 67.7. The fraction of sp³-hybridized carbons (Fsp3) is 0.699. The summed E-state index contributed by atoms with van der Waals surface area (Å²) in [5.41, 5.74) is 5.42. The van der Waals surface area contributed by atoms with E-state index in [2.05, 4.69) is 172 Å². The molecule has 10 heteroatoms. The summed E-state index contributed by atoms with van der Waals surface area (Å²) >= 11 is 0. The van der Waals surface area contributed by atoms with Gasteiger partial charge in [0.2, 0.25) is 0 Å². The maximum Gasteiger partial charge on any atom is 0.472 e. The molecule has 3 N–H and O–H groups in total. The van der Waals surface area contributed by atoms with Gasteiger partial charge in [0.05, 0.1) is 13.2 Å². The quantitative estimate of drug-likeness (QED) is 0.0264. The van der Waals surface area contributed by atoms with Crippen molar-refractivity contribution in [1.29, 1.82) is 0 Å². The highest BCUT2D eigenvalue weighted by atomic mass is 31.2. The van der Waals surface area contributed by atoms with Gasteiger partial charge in [0.25, 0.3) is 0 Å². The molecule has 0 aliphatic carbocycles. The smallest absolute Gasteiger partial charge is 0.462 e. The van der Waals surface area contributed by atoms with Crippen molar-refractivity contribution < 1.29 is 37.6 Å². The summed E-state index contributed by atoms with van der Waals surface area (Å²) in [7, 11) is -4.41. The minimum atomic E-state index is -4.41. The molecule has 590 valence electrons. The van der Waals surface area contributed by atoms with Crippen molar-refractivity contribution in [3.63, 3.8) is 0 Å². The van der Waals surface area contributed by atoms with Crippen LogP contribution in [0.4, 0.5) is 0 Å². The number of hydrogen-bond acceptors (Lipinski definition) is 8. The Morgan fingerprint density at radius 1 is 0.301 bits per heavy atom. The molecule has 0 aliphatic rings. The number of ether oxygens (including phenoxy) is 2. The molecule has 0 fully saturated rings. The van der Waals surface area contributed by atoms with E-state index in [-0.39, 0.29) is 38.6 Å². The van der Waals surface area contributed by atoms with Crippen molar-refractivity contribution >= 4 is 19.8 Å². The molecule has 0 aromatic carbocycles. The first kappa shape index (κ1) is 98.6. The van der Waals surface area contributed by atoms with Gasteiger partial charge in [-0.1, -0.05) is 403 Å². The van der Waals surface area contributed by atoms with Crippen LogP contribution in [0.3, 0.4) is 0 Å². The number of rotatable bonds is 80. The van der Waals surface area contributed by atoms with Gasteiger partial charge in [-0.05, 0) is 128 Å². The highest BCUT2D eigenvalue weighted by Crippen LogP contribution is 2.43. The van der Waals surface area contributed by atoms with Crippen molar-refractivity contribution in [3.05, 3.63) is 158 Å². The van der Waals surface area contributed by atoms with Crippen LogP contribution in [-0.4, -0.2) is 49.3 Å². The van der Waals surface area contributed by atoms with Gasteiger partial charge >= 0.3 is 19.8 Å². The fourth-order valence-electron chi connectivity index (χ4n) is 12.1. The number of phosphoric acid groups is 1. The van der Waals surface area contributed by atoms with E-state index in [1.807, 2.05) is 0 Å². The number of hydrogen-bond donors (Lipinski definition) is 2. The molecule has 0 rings (SSSR count). The third-order valence-electron chi connectivity index (χ3n) is 18.4. The molecule has 0 amide bonds. The highest BCUT2D eigenvalue weighted by Gasteiger charge is 2.26. The second-order valence-electron chi connectivity index (χ2n) is 28.3. The third-order valence-corrected chi connectivity index (χ3v) is 19.4. The average molecular weight is 1450 g/mol. The molecule has 0 spiro atoms. The second-order valence-corrected chi connectivity index (χ2v) is 29.8. The molecule has 0 aliphatic heterocycles. The zero-order chi connectivity index (χ0) is 74.3. The number of nitrogens with two attached hydrogens (primary N) is 1. The van der Waals surface area contributed by atoms with Crippen LogP contribution in [0.25, 0.3) is 0 Å². The van der Waals surface area contributed by atoms with Crippen molar-refractivity contribution in [1.82, 2.24) is 0 Å². The van der Waals surface area contributed by atoms with E-state index in [4.69, 9.17) is 24.3 Å². The molecular formula is C93H160NO8P. The van der Waals surface area contributed by atoms with Crippen molar-refractivity contribution in [2.24, 2.45) is 5.73 Å². The number of carbonyl (C=O) groups excluding carboxylic acids is 2. The summed E-state index contributed by atoms with van der Waals surface area (Å²) in [6, 6.07) is 0. The maximum absolute atomic E-state index is 12.8. The van der Waals surface area contributed by atoms with Gasteiger partial charge in [-0.3, -0.25) is 18.6 Å². The summed E-state index contributed by atoms with van der Waals surface area (Å²) in [6.45, 7) is 3.65. The summed E-state index contributed by atoms with van der Waals surface area (Å²) in [4.78, 5) is 35.5. The lowest BCUT2D eigenvalue weighted by atomic mass is 10.0. The zero-order valence-electron chi connectivity index (χ0n) is 66.8. The lowest BCUT2D eigenvalue weighted by Gasteiger charge is -2.19. The Bertz CT molecular complexity index is 2260. The number of unbranched alkanes of at least 4 members (excludes halogenated alkanes) is 41. The minimum Gasteiger partial charge on any atom is -0.462 e. The van der Waals surface area contributed by atoms with E-state index in [0.717, 1.165) is 122 Å². The third kappa shape index (κ3) is 86.4. The Hall–Kier alpha value is -4.37. The fourth-order valence-corrected chi connectivity index (χ4v) is 12.9. The van der Waals surface area contributed by atoms with Crippen LogP contribution >= 0.6 is 7.82 Å². The van der Waals surface area contributed by atoms with Crippen LogP contribution in [0.2, 0.25) is 0 Å². The summed E-state index contributed by atoms with van der Waals surface area (Å²) < 4.78 is 33.3. The Morgan fingerprint density at radius 2 is 0.534 bits per heavy atom. The monoisotopic (exact) mass is 1450 g/mol. The van der Waals surface area contributed by atoms with E-state index >= 15 is 0 Å². The molecule has 0 aromatic rings. The van der Waals surface area contributed by atoms with E-state index in [1.165, 1.54) is 231 Å². The van der Waals surface area contributed by atoms with Gasteiger partial charge in [0, 0.05) is 19.4 Å². The predicted octanol–water partition coefficient (Wildman–Crippen LogP) is 29.4. The molecule has 0 radical (unpaired) electrons. The minimum absolute atomic E-state index is 0.0481. The first-order valence-corrected chi connectivity index (χ1v) is 44.5. The lowest BCUT2D eigenvalue weighted by Crippen LogP contribution is -2.29. The molecule has 103 heavy (non-hydrogen) atoms. The van der Waals surface area contributed by atoms with Crippen LogP contribution in [0.5, 0.6) is 0 Å². The van der Waals surface area contributed by atoms with Gasteiger partial charge < -0.3 is 20.1 Å². The first-order valence-electron chi connectivity index (χ1n) is 43.0. The van der Waals surface area contributed by atoms with E-state index < -0.39 is 26.5 Å². The first-order chi connectivity index (χ1) is 50.8. The van der Waals surface area contributed by atoms with Gasteiger partial charge in [-0.25, -0.2) is 4.57 Å². The normalized spacial score (nSPS) is 13.6. The van der Waals surface area contributed by atoms with Crippen LogP contribution in [0, 0.1) is 0 Å². The van der Waals surface area contributed by atoms with Crippen LogP contribution in [0.1, 0.15) is 386 Å². The van der Waals surface area contributed by atoms with E-state index in [9.17, 15) is 19.0 Å². The lowest BCUT2D eigenvalue weighted by molar-refractivity contribution is -0.161. The molecule has 0 aromatic heterocycles. The van der Waals surface area contributed by atoms with Crippen molar-refractivity contribution in [3.8, 4) is 0 Å². The molecule has 9 nitrogen and oxygen atoms in total. The number of phosphoric ester groups is 1. The predicted molar refractivity (Wildman–Crippen MR) is 450 cm³/mol. The van der Waals surface area contributed by atoms with E-state index in [1.54, 1.807) is 0 Å². The van der Waals surface area contributed by atoms with Gasteiger partial charge in [-0.15, -0.1) is 0 Å².